The van der Waals surface area contributed by atoms with Crippen molar-refractivity contribution in [2.24, 2.45) is 0 Å². The molecule has 0 saturated carbocycles. The van der Waals surface area contributed by atoms with Gasteiger partial charge in [0.05, 0.1) is 13.1 Å². The number of rotatable bonds is 4. The second-order valence-corrected chi connectivity index (χ2v) is 9.92. The van der Waals surface area contributed by atoms with Crippen molar-refractivity contribution in [3.63, 3.8) is 0 Å². The molecule has 41 heavy (non-hydrogen) atoms. The van der Waals surface area contributed by atoms with Crippen LogP contribution in [0.4, 0.5) is 5.69 Å². The number of nitrogens with zero attached hydrogens (tertiary/aromatic N) is 1. The number of halogens is 2. The second-order valence-electron chi connectivity index (χ2n) is 9.10. The minimum Gasteiger partial charge on any atom is -0.492 e. The Labute approximate surface area is 248 Å². The second kappa shape index (κ2) is 14.6. The van der Waals surface area contributed by atoms with Crippen molar-refractivity contribution in [2.45, 2.75) is 6.61 Å². The lowest BCUT2D eigenvalue weighted by Gasteiger charge is -2.18. The van der Waals surface area contributed by atoms with Gasteiger partial charge in [0, 0.05) is 53.6 Å². The summed E-state index contributed by atoms with van der Waals surface area (Å²) in [6.07, 6.45) is 0. The summed E-state index contributed by atoms with van der Waals surface area (Å²) in [6.45, 7) is 0.394. The highest BCUT2D eigenvalue weighted by atomic mass is 35.5. The van der Waals surface area contributed by atoms with Gasteiger partial charge in [-0.25, -0.2) is 0 Å². The van der Waals surface area contributed by atoms with Gasteiger partial charge < -0.3 is 39.2 Å². The van der Waals surface area contributed by atoms with E-state index in [-0.39, 0.29) is 75.2 Å². The Kier molecular flexibility index (Phi) is 10.6. The molecule has 1 heterocycles. The molecule has 0 radical (unpaired) electrons. The maximum atomic E-state index is 12.5. The first-order valence-electron chi connectivity index (χ1n) is 12.9. The van der Waals surface area contributed by atoms with Crippen LogP contribution < -0.4 is 39.2 Å². The van der Waals surface area contributed by atoms with E-state index in [9.17, 15) is 9.59 Å². The van der Waals surface area contributed by atoms with Crippen molar-refractivity contribution in [3.8, 4) is 28.7 Å². The van der Waals surface area contributed by atoms with Gasteiger partial charge >= 0.3 is 0 Å². The highest BCUT2D eigenvalue weighted by Gasteiger charge is 2.17. The standard InChI is InChI=1S/C29H31Cl2N3O7/c1-34(2)19-13-20-15-21(14-19)38-12-10-33-28(36)18-40-26-8-4-7-25(39-17-27(35)32-9-11-37-20)29(26)41-16-22-23(30)5-3-6-24(22)31/h3-8,13-15H,9-12,16-18H2,1-2H3,(H,32,35)(H,33,36). The first-order chi connectivity index (χ1) is 19.8. The van der Waals surface area contributed by atoms with Crippen LogP contribution in [0.1, 0.15) is 5.56 Å². The highest BCUT2D eigenvalue weighted by Crippen LogP contribution is 2.39. The van der Waals surface area contributed by atoms with E-state index >= 15 is 0 Å². The summed E-state index contributed by atoms with van der Waals surface area (Å²) < 4.78 is 29.3. The van der Waals surface area contributed by atoms with Crippen LogP contribution in [0.2, 0.25) is 10.0 Å². The first-order valence-corrected chi connectivity index (χ1v) is 13.6. The van der Waals surface area contributed by atoms with Gasteiger partial charge in [-0.3, -0.25) is 9.59 Å². The molecule has 3 aromatic rings. The molecule has 10 nitrogen and oxygen atoms in total. The molecule has 1 aliphatic heterocycles. The van der Waals surface area contributed by atoms with Crippen LogP contribution in [-0.4, -0.2) is 65.4 Å². The normalized spacial score (nSPS) is 14.6. The Bertz CT molecular complexity index is 1290. The minimum absolute atomic E-state index is 0.00199. The molecule has 0 fully saturated rings. The number of benzene rings is 3. The molecule has 0 aromatic heterocycles. The van der Waals surface area contributed by atoms with Gasteiger partial charge in [-0.15, -0.1) is 0 Å². The van der Waals surface area contributed by atoms with Crippen LogP contribution in [0, 0.1) is 0 Å². The van der Waals surface area contributed by atoms with Gasteiger partial charge in [-0.05, 0) is 24.3 Å². The molecule has 4 bridgehead atoms. The number of carbonyl (C=O) groups excluding carboxylic acids is 2. The first kappa shape index (κ1) is 30.0. The van der Waals surface area contributed by atoms with E-state index in [0.29, 0.717) is 27.1 Å². The van der Waals surface area contributed by atoms with Gasteiger partial charge in [-0.2, -0.15) is 0 Å². The van der Waals surface area contributed by atoms with E-state index in [4.69, 9.17) is 46.9 Å². The maximum absolute atomic E-state index is 12.5. The van der Waals surface area contributed by atoms with Crippen molar-refractivity contribution in [3.05, 3.63) is 70.2 Å². The molecule has 0 atom stereocenters. The predicted molar refractivity (Wildman–Crippen MR) is 156 cm³/mol. The summed E-state index contributed by atoms with van der Waals surface area (Å²) in [6, 6.07) is 15.5. The Morgan fingerprint density at radius 1 is 0.780 bits per heavy atom. The lowest BCUT2D eigenvalue weighted by molar-refractivity contribution is -0.123. The predicted octanol–water partition coefficient (Wildman–Crippen LogP) is 4.10. The number of amides is 2. The average Bonchev–Trinajstić information content (AvgIpc) is 2.95. The van der Waals surface area contributed by atoms with Gasteiger partial charge in [0.2, 0.25) is 5.75 Å². The summed E-state index contributed by atoms with van der Waals surface area (Å²) in [5.74, 6) is 1.13. The van der Waals surface area contributed by atoms with Crippen molar-refractivity contribution in [1.29, 1.82) is 0 Å². The molecule has 0 spiro atoms. The third-order valence-electron chi connectivity index (χ3n) is 5.85. The van der Waals surface area contributed by atoms with E-state index in [2.05, 4.69) is 10.6 Å². The van der Waals surface area contributed by atoms with E-state index in [1.807, 2.05) is 31.1 Å². The maximum Gasteiger partial charge on any atom is 0.258 e. The number of hydrogen-bond acceptors (Lipinski definition) is 8. The molecular formula is C29H31Cl2N3O7. The van der Waals surface area contributed by atoms with Crippen LogP contribution >= 0.6 is 23.2 Å². The molecule has 12 heteroatoms. The number of hydrogen-bond donors (Lipinski definition) is 2. The van der Waals surface area contributed by atoms with Gasteiger partial charge in [-0.1, -0.05) is 35.3 Å². The van der Waals surface area contributed by atoms with E-state index < -0.39 is 0 Å². The van der Waals surface area contributed by atoms with E-state index in [1.54, 1.807) is 42.5 Å². The lowest BCUT2D eigenvalue weighted by atomic mass is 10.2. The average molecular weight is 604 g/mol. The molecule has 0 saturated heterocycles. The Morgan fingerprint density at radius 2 is 1.29 bits per heavy atom. The summed E-state index contributed by atoms with van der Waals surface area (Å²) in [5, 5.41) is 6.39. The smallest absolute Gasteiger partial charge is 0.258 e. The number of anilines is 1. The fourth-order valence-electron chi connectivity index (χ4n) is 3.77. The van der Waals surface area contributed by atoms with Gasteiger partial charge in [0.25, 0.3) is 11.8 Å². The zero-order valence-corrected chi connectivity index (χ0v) is 24.2. The van der Waals surface area contributed by atoms with Crippen LogP contribution in [0.25, 0.3) is 0 Å². The Balaban J connectivity index is 1.51. The molecule has 1 aliphatic rings. The summed E-state index contributed by atoms with van der Waals surface area (Å²) in [7, 11) is 3.82. The molecule has 2 N–H and O–H groups in total. The van der Waals surface area contributed by atoms with Crippen molar-refractivity contribution in [1.82, 2.24) is 10.6 Å². The molecule has 4 rings (SSSR count). The zero-order chi connectivity index (χ0) is 29.2. The highest BCUT2D eigenvalue weighted by molar-refractivity contribution is 6.35. The van der Waals surface area contributed by atoms with E-state index in [0.717, 1.165) is 5.69 Å². The summed E-state index contributed by atoms with van der Waals surface area (Å²) in [5.41, 5.74) is 1.45. The third kappa shape index (κ3) is 8.73. The van der Waals surface area contributed by atoms with Crippen LogP contribution in [-0.2, 0) is 16.2 Å². The monoisotopic (exact) mass is 603 g/mol. The van der Waals surface area contributed by atoms with Crippen molar-refractivity contribution in [2.75, 3.05) is 58.5 Å². The molecule has 2 amide bonds. The molecule has 0 aliphatic carbocycles. The SMILES string of the molecule is CN(C)c1cc2cc(c1)OCCNC(=O)COc1cccc(c1OCc1c(Cl)cccc1Cl)OCC(=O)NCCO2. The number of ether oxygens (including phenoxy) is 5. The lowest BCUT2D eigenvalue weighted by Crippen LogP contribution is -2.32. The fraction of sp³-hybridized carbons (Fsp3) is 0.310. The minimum atomic E-state index is -0.361. The molecular weight excluding hydrogens is 573 g/mol. The summed E-state index contributed by atoms with van der Waals surface area (Å²) >= 11 is 12.6. The molecule has 218 valence electrons. The third-order valence-corrected chi connectivity index (χ3v) is 6.56. The van der Waals surface area contributed by atoms with Crippen LogP contribution in [0.3, 0.4) is 0 Å². The number of fused-ring (bicyclic) bond motifs is 4. The zero-order valence-electron chi connectivity index (χ0n) is 22.7. The fourth-order valence-corrected chi connectivity index (χ4v) is 4.28. The largest absolute Gasteiger partial charge is 0.492 e. The van der Waals surface area contributed by atoms with Gasteiger partial charge in [0.15, 0.2) is 24.7 Å². The van der Waals surface area contributed by atoms with E-state index in [1.165, 1.54) is 0 Å². The number of para-hydroxylation sites is 1. The van der Waals surface area contributed by atoms with Crippen LogP contribution in [0.15, 0.2) is 54.6 Å². The van der Waals surface area contributed by atoms with Crippen LogP contribution in [0.5, 0.6) is 28.7 Å². The van der Waals surface area contributed by atoms with Gasteiger partial charge in [0.1, 0.15) is 31.3 Å². The number of carbonyl (C=O) groups is 2. The number of nitrogens with one attached hydrogen (secondary N) is 2. The summed E-state index contributed by atoms with van der Waals surface area (Å²) in [4.78, 5) is 27.0. The Morgan fingerprint density at radius 3 is 1.80 bits per heavy atom. The topological polar surface area (TPSA) is 108 Å². The molecule has 0 unspecified atom stereocenters. The Hall–Kier alpha value is -4.02. The van der Waals surface area contributed by atoms with Crippen molar-refractivity contribution < 1.29 is 33.3 Å². The molecule has 3 aromatic carbocycles. The quantitative estimate of drug-likeness (QED) is 0.459. The van der Waals surface area contributed by atoms with Crippen molar-refractivity contribution >= 4 is 40.7 Å².